The third kappa shape index (κ3) is 4.88. The topological polar surface area (TPSA) is 15.5 Å². The Labute approximate surface area is 82.0 Å². The van der Waals surface area contributed by atoms with Gasteiger partial charge in [-0.15, -0.1) is 0 Å². The van der Waals surface area contributed by atoms with Gasteiger partial charge in [-0.1, -0.05) is 0 Å². The molecule has 0 bridgehead atoms. The summed E-state index contributed by atoms with van der Waals surface area (Å²) in [5, 5.41) is 0. The lowest BCUT2D eigenvalue weighted by Gasteiger charge is -2.18. The molecule has 0 N–H and O–H groups in total. The third-order valence-electron chi connectivity index (χ3n) is 2.16. The molecule has 0 saturated carbocycles. The van der Waals surface area contributed by atoms with Gasteiger partial charge in [0.25, 0.3) is 0 Å². The van der Waals surface area contributed by atoms with Crippen LogP contribution in [0.4, 0.5) is 0 Å². The minimum atomic E-state index is 0.518. The molecule has 0 amide bonds. The molecular formula is C10H23N2O+. The number of hydrogen-bond acceptors (Lipinski definition) is 2. The highest BCUT2D eigenvalue weighted by molar-refractivity contribution is 5.71. The van der Waals surface area contributed by atoms with Crippen molar-refractivity contribution in [2.45, 2.75) is 26.3 Å². The van der Waals surface area contributed by atoms with Gasteiger partial charge in [0.2, 0.25) is 0 Å². The van der Waals surface area contributed by atoms with Crippen molar-refractivity contribution in [3.8, 4) is 0 Å². The quantitative estimate of drug-likeness (QED) is 0.371. The molecule has 0 aliphatic heterocycles. The fourth-order valence-electron chi connectivity index (χ4n) is 0.972. The van der Waals surface area contributed by atoms with Gasteiger partial charge in [-0.05, 0) is 27.9 Å². The lowest BCUT2D eigenvalue weighted by molar-refractivity contribution is -0.476. The summed E-state index contributed by atoms with van der Waals surface area (Å²) in [5.74, 6) is 1.06. The number of rotatable bonds is 4. The number of ether oxygens (including phenoxy) is 1. The van der Waals surface area contributed by atoms with Gasteiger partial charge in [-0.25, -0.2) is 4.58 Å². The molecule has 0 aromatic heterocycles. The molecule has 0 saturated heterocycles. The maximum Gasteiger partial charge on any atom is 0.337 e. The number of hydrogen-bond donors (Lipinski definition) is 0. The van der Waals surface area contributed by atoms with Gasteiger partial charge in [0.15, 0.2) is 0 Å². The van der Waals surface area contributed by atoms with E-state index in [1.807, 2.05) is 25.6 Å². The van der Waals surface area contributed by atoms with Crippen LogP contribution in [0.3, 0.4) is 0 Å². The van der Waals surface area contributed by atoms with Crippen molar-refractivity contribution in [1.82, 2.24) is 4.90 Å². The zero-order chi connectivity index (χ0) is 10.4. The first-order valence-corrected chi connectivity index (χ1v) is 4.81. The average Bonchev–Trinajstić information content (AvgIpc) is 2.03. The summed E-state index contributed by atoms with van der Waals surface area (Å²) in [4.78, 5) is 2.20. The summed E-state index contributed by atoms with van der Waals surface area (Å²) in [7, 11) is 8.22. The van der Waals surface area contributed by atoms with Crippen molar-refractivity contribution in [3.05, 3.63) is 0 Å². The van der Waals surface area contributed by atoms with Crippen LogP contribution in [-0.2, 0) is 4.74 Å². The first-order valence-electron chi connectivity index (χ1n) is 4.81. The van der Waals surface area contributed by atoms with Crippen LogP contribution in [0.2, 0.25) is 0 Å². The van der Waals surface area contributed by atoms with E-state index in [-0.39, 0.29) is 0 Å². The number of nitrogens with zero attached hydrogens (tertiary/aromatic N) is 2. The summed E-state index contributed by atoms with van der Waals surface area (Å²) in [6.45, 7) is 4.96. The van der Waals surface area contributed by atoms with Crippen molar-refractivity contribution in [2.75, 3.05) is 34.8 Å². The molecular weight excluding hydrogens is 164 g/mol. The van der Waals surface area contributed by atoms with E-state index in [2.05, 4.69) is 25.9 Å². The predicted molar refractivity (Wildman–Crippen MR) is 56.5 cm³/mol. The minimum absolute atomic E-state index is 0.518. The monoisotopic (exact) mass is 187 g/mol. The van der Waals surface area contributed by atoms with E-state index < -0.39 is 0 Å². The van der Waals surface area contributed by atoms with Crippen molar-refractivity contribution in [3.63, 3.8) is 0 Å². The van der Waals surface area contributed by atoms with E-state index in [9.17, 15) is 0 Å². The van der Waals surface area contributed by atoms with Crippen LogP contribution in [-0.4, -0.2) is 56.2 Å². The molecule has 0 aliphatic rings. The Morgan fingerprint density at radius 1 is 1.38 bits per heavy atom. The maximum absolute atomic E-state index is 5.54. The Morgan fingerprint density at radius 3 is 2.23 bits per heavy atom. The van der Waals surface area contributed by atoms with Crippen LogP contribution in [0.15, 0.2) is 0 Å². The van der Waals surface area contributed by atoms with Crippen molar-refractivity contribution in [2.24, 2.45) is 0 Å². The largest absolute Gasteiger partial charge is 0.448 e. The Balaban J connectivity index is 4.20. The van der Waals surface area contributed by atoms with E-state index >= 15 is 0 Å². The van der Waals surface area contributed by atoms with Crippen molar-refractivity contribution in [1.29, 1.82) is 0 Å². The maximum atomic E-state index is 5.54. The Morgan fingerprint density at radius 2 is 1.92 bits per heavy atom. The zero-order valence-corrected chi connectivity index (χ0v) is 9.79. The summed E-state index contributed by atoms with van der Waals surface area (Å²) in [5.41, 5.74) is 0. The highest BCUT2D eigenvalue weighted by Crippen LogP contribution is 2.00. The van der Waals surface area contributed by atoms with E-state index in [4.69, 9.17) is 4.74 Å². The SMILES string of the molecule is CCOC(CC(C)N(C)C)=[N+](C)C. The molecule has 0 fully saturated rings. The highest BCUT2D eigenvalue weighted by atomic mass is 16.5. The highest BCUT2D eigenvalue weighted by Gasteiger charge is 2.15. The minimum Gasteiger partial charge on any atom is -0.448 e. The molecule has 0 aromatic rings. The van der Waals surface area contributed by atoms with Gasteiger partial charge < -0.3 is 9.64 Å². The van der Waals surface area contributed by atoms with Crippen LogP contribution >= 0.6 is 0 Å². The Bertz CT molecular complexity index is 172. The van der Waals surface area contributed by atoms with Gasteiger partial charge in [-0.2, -0.15) is 0 Å². The van der Waals surface area contributed by atoms with E-state index in [1.54, 1.807) is 0 Å². The molecule has 13 heavy (non-hydrogen) atoms. The second-order valence-electron chi connectivity index (χ2n) is 3.74. The van der Waals surface area contributed by atoms with Gasteiger partial charge in [0.05, 0.1) is 13.0 Å². The van der Waals surface area contributed by atoms with Crippen LogP contribution < -0.4 is 0 Å². The fourth-order valence-corrected chi connectivity index (χ4v) is 0.972. The molecule has 0 aliphatic carbocycles. The van der Waals surface area contributed by atoms with Crippen LogP contribution in [0.1, 0.15) is 20.3 Å². The average molecular weight is 187 g/mol. The van der Waals surface area contributed by atoms with E-state index in [0.29, 0.717) is 6.04 Å². The summed E-state index contributed by atoms with van der Waals surface area (Å²) < 4.78 is 7.59. The Kier molecular flexibility index (Phi) is 5.71. The fraction of sp³-hybridized carbons (Fsp3) is 0.900. The molecule has 0 rings (SSSR count). The summed E-state index contributed by atoms with van der Waals surface area (Å²) in [6.07, 6.45) is 0.966. The first kappa shape index (κ1) is 12.4. The molecule has 0 aromatic carbocycles. The smallest absolute Gasteiger partial charge is 0.337 e. The van der Waals surface area contributed by atoms with Crippen LogP contribution in [0.5, 0.6) is 0 Å². The first-order chi connectivity index (χ1) is 5.99. The normalized spacial score (nSPS) is 12.8. The van der Waals surface area contributed by atoms with Crippen molar-refractivity contribution >= 4 is 5.90 Å². The lowest BCUT2D eigenvalue weighted by Crippen LogP contribution is -2.31. The van der Waals surface area contributed by atoms with Crippen molar-refractivity contribution < 1.29 is 9.31 Å². The molecule has 78 valence electrons. The summed E-state index contributed by atoms with van der Waals surface area (Å²) in [6, 6.07) is 0.518. The van der Waals surface area contributed by atoms with Gasteiger partial charge in [0, 0.05) is 6.04 Å². The molecule has 0 radical (unpaired) electrons. The second-order valence-corrected chi connectivity index (χ2v) is 3.74. The Hall–Kier alpha value is -0.570. The summed E-state index contributed by atoms with van der Waals surface area (Å²) >= 11 is 0. The van der Waals surface area contributed by atoms with Gasteiger partial charge in [-0.3, -0.25) is 0 Å². The zero-order valence-electron chi connectivity index (χ0n) is 9.79. The second kappa shape index (κ2) is 5.97. The van der Waals surface area contributed by atoms with E-state index in [1.165, 1.54) is 0 Å². The molecule has 3 heteroatoms. The van der Waals surface area contributed by atoms with Gasteiger partial charge in [0.1, 0.15) is 14.1 Å². The van der Waals surface area contributed by atoms with Crippen LogP contribution in [0.25, 0.3) is 0 Å². The van der Waals surface area contributed by atoms with Gasteiger partial charge >= 0.3 is 5.90 Å². The van der Waals surface area contributed by atoms with E-state index in [0.717, 1.165) is 18.9 Å². The van der Waals surface area contributed by atoms with Crippen LogP contribution in [0, 0.1) is 0 Å². The molecule has 1 atom stereocenters. The standard InChI is InChI=1S/C10H23N2O/c1-7-13-10(12(5)6)8-9(2)11(3)4/h9H,7-8H2,1-6H3/q+1. The third-order valence-corrected chi connectivity index (χ3v) is 2.16. The molecule has 3 nitrogen and oxygen atoms in total. The predicted octanol–water partition coefficient (Wildman–Crippen LogP) is 1.03. The molecule has 0 heterocycles. The molecule has 1 unspecified atom stereocenters. The molecule has 0 spiro atoms. The lowest BCUT2D eigenvalue weighted by atomic mass is 10.2.